The first-order valence-corrected chi connectivity index (χ1v) is 8.48. The first kappa shape index (κ1) is 17.1. The number of esters is 1. The third kappa shape index (κ3) is 9.89. The zero-order valence-corrected chi connectivity index (χ0v) is 13.1. The summed E-state index contributed by atoms with van der Waals surface area (Å²) < 4.78 is 5.28. The monoisotopic (exact) mass is 278 g/mol. The Morgan fingerprint density at radius 1 is 0.850 bits per heavy atom. The largest absolute Gasteiger partial charge is 0.453 e. The van der Waals surface area contributed by atoms with Gasteiger partial charge in [0.25, 0.3) is 0 Å². The van der Waals surface area contributed by atoms with Gasteiger partial charge < -0.3 is 4.74 Å². The molecule has 114 valence electrons. The minimum atomic E-state index is -0.349. The van der Waals surface area contributed by atoms with Crippen molar-refractivity contribution in [1.29, 1.82) is 0 Å². The van der Waals surface area contributed by atoms with Crippen LogP contribution in [-0.2, 0) is 9.53 Å². The molecule has 0 amide bonds. The normalized spacial score (nSPS) is 24.6. The summed E-state index contributed by atoms with van der Waals surface area (Å²) in [6, 6.07) is 0. The predicted molar refractivity (Wildman–Crippen MR) is 83.4 cm³/mol. The molecule has 1 atom stereocenters. The average molecular weight is 278 g/mol. The van der Waals surface area contributed by atoms with Gasteiger partial charge >= 0.3 is 5.97 Å². The molecule has 1 aliphatic heterocycles. The van der Waals surface area contributed by atoms with Crippen molar-refractivity contribution < 1.29 is 9.53 Å². The maximum atomic E-state index is 11.5. The average Bonchev–Trinajstić information content (AvgIpc) is 2.42. The summed E-state index contributed by atoms with van der Waals surface area (Å²) in [7, 11) is 0. The van der Waals surface area contributed by atoms with E-state index >= 15 is 0 Å². The van der Waals surface area contributed by atoms with Gasteiger partial charge in [-0.15, -0.1) is 0 Å². The molecular weight excluding hydrogens is 248 g/mol. The number of cyclic esters (lactones) is 1. The van der Waals surface area contributed by atoms with Gasteiger partial charge in [0.1, 0.15) is 6.10 Å². The Labute approximate surface area is 124 Å². The van der Waals surface area contributed by atoms with Crippen LogP contribution in [0.5, 0.6) is 0 Å². The first-order valence-electron chi connectivity index (χ1n) is 8.48. The van der Waals surface area contributed by atoms with Crippen molar-refractivity contribution in [3.63, 3.8) is 0 Å². The van der Waals surface area contributed by atoms with E-state index in [0.717, 1.165) is 25.7 Å². The molecule has 0 aliphatic carbocycles. The first-order chi connectivity index (χ1) is 9.79. The fourth-order valence-corrected chi connectivity index (χ4v) is 2.64. The van der Waals surface area contributed by atoms with E-state index in [2.05, 4.69) is 11.8 Å². The predicted octanol–water partition coefficient (Wildman–Crippen LogP) is 5.01. The van der Waals surface area contributed by atoms with Crippen LogP contribution in [0.2, 0.25) is 0 Å². The van der Waals surface area contributed by atoms with Gasteiger partial charge in [-0.2, -0.15) is 0 Å². The van der Waals surface area contributed by atoms with E-state index in [1.165, 1.54) is 57.8 Å². The highest BCUT2D eigenvalue weighted by Gasteiger charge is 2.06. The van der Waals surface area contributed by atoms with Gasteiger partial charge in [0.05, 0.1) is 0 Å². The Morgan fingerprint density at radius 3 is 1.95 bits per heavy atom. The Bertz CT molecular complexity index is 311. The van der Waals surface area contributed by atoms with Crippen LogP contribution in [0.15, 0.2) is 0 Å². The second kappa shape index (κ2) is 11.8. The van der Waals surface area contributed by atoms with E-state index in [1.807, 2.05) is 6.92 Å². The van der Waals surface area contributed by atoms with Crippen molar-refractivity contribution in [2.75, 3.05) is 0 Å². The van der Waals surface area contributed by atoms with Crippen LogP contribution in [0.3, 0.4) is 0 Å². The molecule has 0 fully saturated rings. The molecule has 0 saturated carbocycles. The molecule has 2 heteroatoms. The van der Waals surface area contributed by atoms with E-state index in [0.29, 0.717) is 0 Å². The standard InChI is InChI=1S/C18H30O2/c1-17-15-13-11-9-7-5-3-2-4-6-8-10-12-14-16-18(19)20-17/h17H,2-13,15H2,1H3. The quantitative estimate of drug-likeness (QED) is 0.354. The van der Waals surface area contributed by atoms with Gasteiger partial charge in [-0.05, 0) is 26.2 Å². The zero-order chi connectivity index (χ0) is 14.5. The van der Waals surface area contributed by atoms with Gasteiger partial charge in [0.15, 0.2) is 0 Å². The minimum absolute atomic E-state index is 0.00989. The number of rotatable bonds is 0. The summed E-state index contributed by atoms with van der Waals surface area (Å²) in [4.78, 5) is 11.5. The molecule has 0 spiro atoms. The Morgan fingerprint density at radius 2 is 1.35 bits per heavy atom. The van der Waals surface area contributed by atoms with Crippen molar-refractivity contribution in [3.8, 4) is 11.8 Å². The molecule has 0 saturated heterocycles. The van der Waals surface area contributed by atoms with Crippen molar-refractivity contribution in [2.24, 2.45) is 0 Å². The fraction of sp³-hybridized carbons (Fsp3) is 0.833. The summed E-state index contributed by atoms with van der Waals surface area (Å²) in [5, 5.41) is 0. The van der Waals surface area contributed by atoms with E-state index in [1.54, 1.807) is 0 Å². The highest BCUT2D eigenvalue weighted by Crippen LogP contribution is 2.13. The number of hydrogen-bond donors (Lipinski definition) is 0. The lowest BCUT2D eigenvalue weighted by atomic mass is 10.0. The van der Waals surface area contributed by atoms with E-state index in [-0.39, 0.29) is 12.1 Å². The van der Waals surface area contributed by atoms with Crippen molar-refractivity contribution in [1.82, 2.24) is 0 Å². The molecule has 1 aliphatic rings. The third-order valence-electron chi connectivity index (χ3n) is 3.91. The lowest BCUT2D eigenvalue weighted by molar-refractivity contribution is -0.141. The van der Waals surface area contributed by atoms with E-state index in [9.17, 15) is 4.79 Å². The summed E-state index contributed by atoms with van der Waals surface area (Å²) in [6.45, 7) is 1.97. The lowest BCUT2D eigenvalue weighted by Crippen LogP contribution is -2.13. The zero-order valence-electron chi connectivity index (χ0n) is 13.1. The van der Waals surface area contributed by atoms with E-state index < -0.39 is 0 Å². The second-order valence-corrected chi connectivity index (χ2v) is 5.95. The third-order valence-corrected chi connectivity index (χ3v) is 3.91. The van der Waals surface area contributed by atoms with Crippen molar-refractivity contribution >= 4 is 5.97 Å². The molecule has 1 heterocycles. The summed E-state index contributed by atoms with van der Waals surface area (Å²) >= 11 is 0. The SMILES string of the molecule is CC1CCCCCCCCCCCCCC#CC(=O)O1. The molecule has 0 bridgehead atoms. The lowest BCUT2D eigenvalue weighted by Gasteiger charge is -2.10. The van der Waals surface area contributed by atoms with Gasteiger partial charge in [0, 0.05) is 12.3 Å². The van der Waals surface area contributed by atoms with Gasteiger partial charge in [0.2, 0.25) is 0 Å². The number of carbonyl (C=O) groups excluding carboxylic acids is 1. The molecule has 0 aromatic heterocycles. The van der Waals surface area contributed by atoms with Gasteiger partial charge in [-0.25, -0.2) is 4.79 Å². The minimum Gasteiger partial charge on any atom is -0.453 e. The smallest absolute Gasteiger partial charge is 0.384 e. The number of carbonyl (C=O) groups is 1. The van der Waals surface area contributed by atoms with Gasteiger partial charge in [-0.3, -0.25) is 0 Å². The molecular formula is C18H30O2. The summed E-state index contributed by atoms with van der Waals surface area (Å²) in [5.41, 5.74) is 0. The highest BCUT2D eigenvalue weighted by atomic mass is 16.5. The Hall–Kier alpha value is -0.970. The molecule has 2 nitrogen and oxygen atoms in total. The Balaban J connectivity index is 2.30. The van der Waals surface area contributed by atoms with Crippen LogP contribution in [0.1, 0.15) is 90.4 Å². The molecule has 0 aromatic rings. The molecule has 0 radical (unpaired) electrons. The summed E-state index contributed by atoms with van der Waals surface area (Å²) in [5.74, 6) is 5.19. The highest BCUT2D eigenvalue weighted by molar-refractivity contribution is 5.88. The molecule has 0 aromatic carbocycles. The van der Waals surface area contributed by atoms with Gasteiger partial charge in [-0.1, -0.05) is 63.7 Å². The van der Waals surface area contributed by atoms with Crippen LogP contribution in [-0.4, -0.2) is 12.1 Å². The fourth-order valence-electron chi connectivity index (χ4n) is 2.64. The Kier molecular flexibility index (Phi) is 10.1. The van der Waals surface area contributed by atoms with Crippen LogP contribution in [0.4, 0.5) is 0 Å². The van der Waals surface area contributed by atoms with Crippen LogP contribution >= 0.6 is 0 Å². The van der Waals surface area contributed by atoms with Crippen LogP contribution in [0.25, 0.3) is 0 Å². The molecule has 20 heavy (non-hydrogen) atoms. The summed E-state index contributed by atoms with van der Waals surface area (Å²) in [6.07, 6.45) is 16.1. The molecule has 1 unspecified atom stereocenters. The van der Waals surface area contributed by atoms with Crippen LogP contribution in [0, 0.1) is 11.8 Å². The van der Waals surface area contributed by atoms with Crippen molar-refractivity contribution in [2.45, 2.75) is 96.5 Å². The van der Waals surface area contributed by atoms with Crippen molar-refractivity contribution in [3.05, 3.63) is 0 Å². The number of ether oxygens (including phenoxy) is 1. The maximum Gasteiger partial charge on any atom is 0.384 e. The maximum absolute atomic E-state index is 11.5. The molecule has 1 rings (SSSR count). The topological polar surface area (TPSA) is 26.3 Å². The second-order valence-electron chi connectivity index (χ2n) is 5.95. The van der Waals surface area contributed by atoms with Crippen LogP contribution < -0.4 is 0 Å². The molecule has 0 N–H and O–H groups in total. The van der Waals surface area contributed by atoms with E-state index in [4.69, 9.17) is 4.74 Å². The number of hydrogen-bond acceptors (Lipinski definition) is 2.